The molecular weight excluding hydrogens is 370 g/mol. The zero-order valence-electron chi connectivity index (χ0n) is 15.1. The predicted octanol–water partition coefficient (Wildman–Crippen LogP) is 3.31. The van der Waals surface area contributed by atoms with Crippen molar-refractivity contribution in [3.05, 3.63) is 64.4 Å². The molecule has 1 aliphatic heterocycles. The summed E-state index contributed by atoms with van der Waals surface area (Å²) in [5, 5.41) is 0.722. The smallest absolute Gasteiger partial charge is 0.257 e. The lowest BCUT2D eigenvalue weighted by Gasteiger charge is -2.33. The molecule has 5 nitrogen and oxygen atoms in total. The van der Waals surface area contributed by atoms with E-state index in [2.05, 4.69) is 0 Å². The highest BCUT2D eigenvalue weighted by molar-refractivity contribution is 7.86. The Labute approximate surface area is 160 Å². The molecule has 140 valence electrons. The molecule has 26 heavy (non-hydrogen) atoms. The number of pyridine rings is 1. The first-order valence-corrected chi connectivity index (χ1v) is 10.5. The number of aromatic nitrogens is 1. The van der Waals surface area contributed by atoms with Gasteiger partial charge in [-0.3, -0.25) is 4.98 Å². The van der Waals surface area contributed by atoms with Crippen molar-refractivity contribution in [2.75, 3.05) is 27.2 Å². The van der Waals surface area contributed by atoms with Crippen LogP contribution in [0.5, 0.6) is 0 Å². The van der Waals surface area contributed by atoms with E-state index in [0.29, 0.717) is 13.1 Å². The molecule has 7 heteroatoms. The molecular formula is C19H24ClN3O2S. The van der Waals surface area contributed by atoms with Crippen LogP contribution in [-0.2, 0) is 16.6 Å². The van der Waals surface area contributed by atoms with Gasteiger partial charge in [0.25, 0.3) is 10.2 Å². The largest absolute Gasteiger partial charge is 0.281 e. The molecule has 1 aromatic heterocycles. The zero-order valence-corrected chi connectivity index (χ0v) is 16.7. The third-order valence-electron chi connectivity index (χ3n) is 4.72. The van der Waals surface area contributed by atoms with Gasteiger partial charge in [-0.15, -0.1) is 0 Å². The second kappa shape index (κ2) is 8.05. The van der Waals surface area contributed by atoms with Gasteiger partial charge in [0.05, 0.1) is 0 Å². The fourth-order valence-corrected chi connectivity index (χ4v) is 4.58. The number of hydrogen-bond donors (Lipinski definition) is 0. The van der Waals surface area contributed by atoms with Crippen molar-refractivity contribution >= 4 is 21.8 Å². The van der Waals surface area contributed by atoms with Crippen LogP contribution in [0.4, 0.5) is 0 Å². The van der Waals surface area contributed by atoms with Crippen molar-refractivity contribution < 1.29 is 8.42 Å². The molecule has 2 heterocycles. The van der Waals surface area contributed by atoms with E-state index in [1.807, 2.05) is 42.5 Å². The van der Waals surface area contributed by atoms with Crippen LogP contribution in [0.2, 0.25) is 5.02 Å². The highest BCUT2D eigenvalue weighted by atomic mass is 35.5. The lowest BCUT2D eigenvalue weighted by molar-refractivity contribution is 0.296. The second-order valence-electron chi connectivity index (χ2n) is 6.84. The van der Waals surface area contributed by atoms with Gasteiger partial charge in [0, 0.05) is 55.9 Å². The quantitative estimate of drug-likeness (QED) is 0.783. The molecule has 0 spiro atoms. The first kappa shape index (κ1) is 19.3. The van der Waals surface area contributed by atoms with Crippen molar-refractivity contribution in [1.29, 1.82) is 0 Å². The number of halogens is 1. The van der Waals surface area contributed by atoms with Gasteiger partial charge in [-0.1, -0.05) is 29.8 Å². The molecule has 1 aliphatic rings. The van der Waals surface area contributed by atoms with Crippen LogP contribution < -0.4 is 0 Å². The molecule has 0 saturated carbocycles. The standard InChI is InChI=1S/C19H24ClN3O2S/c1-22(2)26(24,25)23-12-4-5-16(14-23)19-7-3-6-18(21-19)13-15-8-10-17(20)11-9-15/h3,6-11,16H,4-5,12-14H2,1-2H3/t16-/m1/s1. The molecule has 1 atom stereocenters. The average molecular weight is 394 g/mol. The number of piperidine rings is 1. The Bertz CT molecular complexity index is 853. The summed E-state index contributed by atoms with van der Waals surface area (Å²) in [5.74, 6) is 0.128. The SMILES string of the molecule is CN(C)S(=O)(=O)N1CCC[C@@H](c2cccc(Cc3ccc(Cl)cc3)n2)C1. The van der Waals surface area contributed by atoms with E-state index < -0.39 is 10.2 Å². The summed E-state index contributed by atoms with van der Waals surface area (Å²) in [5.41, 5.74) is 3.10. The highest BCUT2D eigenvalue weighted by Gasteiger charge is 2.31. The minimum Gasteiger partial charge on any atom is -0.257 e. The highest BCUT2D eigenvalue weighted by Crippen LogP contribution is 2.28. The Hall–Kier alpha value is -1.47. The van der Waals surface area contributed by atoms with Crippen molar-refractivity contribution in [3.8, 4) is 0 Å². The summed E-state index contributed by atoms with van der Waals surface area (Å²) < 4.78 is 27.7. The van der Waals surface area contributed by atoms with Crippen LogP contribution in [0.1, 0.15) is 35.7 Å². The lowest BCUT2D eigenvalue weighted by atomic mass is 9.95. The van der Waals surface area contributed by atoms with Gasteiger partial charge >= 0.3 is 0 Å². The van der Waals surface area contributed by atoms with E-state index in [0.717, 1.165) is 41.2 Å². The predicted molar refractivity (Wildman–Crippen MR) is 105 cm³/mol. The lowest BCUT2D eigenvalue weighted by Crippen LogP contribution is -2.45. The Balaban J connectivity index is 1.76. The Kier molecular flexibility index (Phi) is 5.97. The molecule has 2 aromatic rings. The normalized spacial score (nSPS) is 19.0. The number of benzene rings is 1. The first-order chi connectivity index (χ1) is 12.4. The van der Waals surface area contributed by atoms with Gasteiger partial charge in [0.2, 0.25) is 0 Å². The van der Waals surface area contributed by atoms with Crippen LogP contribution in [0.3, 0.4) is 0 Å². The molecule has 3 rings (SSSR count). The minimum atomic E-state index is -3.38. The maximum Gasteiger partial charge on any atom is 0.281 e. The Morgan fingerprint density at radius 1 is 1.19 bits per heavy atom. The van der Waals surface area contributed by atoms with Gasteiger partial charge in [0.15, 0.2) is 0 Å². The van der Waals surface area contributed by atoms with Crippen molar-refractivity contribution in [2.45, 2.75) is 25.2 Å². The number of nitrogens with zero attached hydrogens (tertiary/aromatic N) is 3. The summed E-state index contributed by atoms with van der Waals surface area (Å²) in [7, 11) is -0.231. The van der Waals surface area contributed by atoms with Crippen LogP contribution >= 0.6 is 11.6 Å². The van der Waals surface area contributed by atoms with Crippen LogP contribution in [0, 0.1) is 0 Å². The van der Waals surface area contributed by atoms with E-state index in [9.17, 15) is 8.42 Å². The number of hydrogen-bond acceptors (Lipinski definition) is 3. The molecule has 0 radical (unpaired) electrons. The molecule has 0 unspecified atom stereocenters. The maximum absolute atomic E-state index is 12.4. The van der Waals surface area contributed by atoms with Crippen molar-refractivity contribution in [1.82, 2.24) is 13.6 Å². The summed E-state index contributed by atoms with van der Waals surface area (Å²) >= 11 is 5.94. The van der Waals surface area contributed by atoms with Crippen molar-refractivity contribution in [3.63, 3.8) is 0 Å². The van der Waals surface area contributed by atoms with Crippen LogP contribution in [0.25, 0.3) is 0 Å². The second-order valence-corrected chi connectivity index (χ2v) is 9.42. The van der Waals surface area contributed by atoms with E-state index in [1.165, 1.54) is 4.31 Å². The Morgan fingerprint density at radius 3 is 2.62 bits per heavy atom. The zero-order chi connectivity index (χ0) is 18.7. The molecule has 1 aromatic carbocycles. The van der Waals surface area contributed by atoms with Gasteiger partial charge in [-0.2, -0.15) is 17.0 Å². The fraction of sp³-hybridized carbons (Fsp3) is 0.421. The van der Waals surface area contributed by atoms with Gasteiger partial charge in [-0.25, -0.2) is 0 Å². The van der Waals surface area contributed by atoms with Gasteiger partial charge in [0.1, 0.15) is 0 Å². The third kappa shape index (κ3) is 4.43. The summed E-state index contributed by atoms with van der Waals surface area (Å²) in [6.45, 7) is 1.05. The molecule has 0 bridgehead atoms. The van der Waals surface area contributed by atoms with Crippen molar-refractivity contribution in [2.24, 2.45) is 0 Å². The Morgan fingerprint density at radius 2 is 1.92 bits per heavy atom. The van der Waals surface area contributed by atoms with Crippen LogP contribution in [0.15, 0.2) is 42.5 Å². The van der Waals surface area contributed by atoms with E-state index in [4.69, 9.17) is 16.6 Å². The summed E-state index contributed by atoms with van der Waals surface area (Å²) in [6, 6.07) is 13.8. The maximum atomic E-state index is 12.4. The third-order valence-corrected chi connectivity index (χ3v) is 6.88. The molecule has 1 fully saturated rings. The summed E-state index contributed by atoms with van der Waals surface area (Å²) in [4.78, 5) is 4.81. The molecule has 1 saturated heterocycles. The topological polar surface area (TPSA) is 53.5 Å². The minimum absolute atomic E-state index is 0.128. The average Bonchev–Trinajstić information content (AvgIpc) is 2.64. The summed E-state index contributed by atoms with van der Waals surface area (Å²) in [6.07, 6.45) is 2.54. The fourth-order valence-electron chi connectivity index (χ4n) is 3.26. The van der Waals surface area contributed by atoms with E-state index >= 15 is 0 Å². The molecule has 0 aliphatic carbocycles. The molecule has 0 amide bonds. The monoisotopic (exact) mass is 393 g/mol. The van der Waals surface area contributed by atoms with Crippen LogP contribution in [-0.4, -0.2) is 49.2 Å². The van der Waals surface area contributed by atoms with Gasteiger partial charge < -0.3 is 0 Å². The van der Waals surface area contributed by atoms with Gasteiger partial charge in [-0.05, 0) is 42.7 Å². The molecule has 0 N–H and O–H groups in total. The van der Waals surface area contributed by atoms with E-state index in [-0.39, 0.29) is 5.92 Å². The first-order valence-electron chi connectivity index (χ1n) is 8.74. The number of rotatable bonds is 5. The van der Waals surface area contributed by atoms with E-state index in [1.54, 1.807) is 18.4 Å².